The number of para-hydroxylation sites is 1. The lowest BCUT2D eigenvalue weighted by atomic mass is 10.2. The van der Waals surface area contributed by atoms with E-state index in [0.29, 0.717) is 22.0 Å². The first kappa shape index (κ1) is 17.9. The van der Waals surface area contributed by atoms with Gasteiger partial charge in [-0.1, -0.05) is 35.9 Å². The molecule has 2 heterocycles. The van der Waals surface area contributed by atoms with Gasteiger partial charge in [-0.15, -0.1) is 0 Å². The second-order valence-electron chi connectivity index (χ2n) is 6.39. The number of aromatic nitrogens is 2. The molecule has 2 aromatic heterocycles. The molecule has 0 aliphatic heterocycles. The molecule has 0 radical (unpaired) electrons. The van der Waals surface area contributed by atoms with E-state index in [1.54, 1.807) is 24.5 Å². The first-order chi connectivity index (χ1) is 13.6. The Balaban J connectivity index is 1.57. The zero-order valence-corrected chi connectivity index (χ0v) is 15.9. The maximum Gasteiger partial charge on any atom is 0.257 e. The van der Waals surface area contributed by atoms with Gasteiger partial charge in [0.1, 0.15) is 0 Å². The summed E-state index contributed by atoms with van der Waals surface area (Å²) in [5, 5.41) is 7.78. The molecule has 0 spiro atoms. The van der Waals surface area contributed by atoms with Gasteiger partial charge >= 0.3 is 0 Å². The highest BCUT2D eigenvalue weighted by Crippen LogP contribution is 2.25. The Morgan fingerprint density at radius 1 is 1.00 bits per heavy atom. The number of hydrogen-bond acceptors (Lipinski definition) is 4. The fourth-order valence-electron chi connectivity index (χ4n) is 2.87. The summed E-state index contributed by atoms with van der Waals surface area (Å²) in [6.45, 7) is 1.91. The van der Waals surface area contributed by atoms with Crippen LogP contribution in [0.3, 0.4) is 0 Å². The van der Waals surface area contributed by atoms with Crippen LogP contribution >= 0.6 is 11.6 Å². The molecule has 138 valence electrons. The van der Waals surface area contributed by atoms with Crippen LogP contribution in [0.1, 0.15) is 15.9 Å². The lowest BCUT2D eigenvalue weighted by Crippen LogP contribution is -2.12. The number of pyridine rings is 2. The van der Waals surface area contributed by atoms with Gasteiger partial charge in [0, 0.05) is 28.5 Å². The fraction of sp³-hybridized carbons (Fsp3) is 0.0455. The number of carbonyl (C=O) groups excluding carboxylic acids is 1. The van der Waals surface area contributed by atoms with Crippen LogP contribution in [-0.2, 0) is 0 Å². The molecular weight excluding hydrogens is 372 g/mol. The van der Waals surface area contributed by atoms with Crippen molar-refractivity contribution in [3.63, 3.8) is 0 Å². The Kier molecular flexibility index (Phi) is 4.91. The molecule has 0 aliphatic rings. The monoisotopic (exact) mass is 388 g/mol. The summed E-state index contributed by atoms with van der Waals surface area (Å²) in [6, 6.07) is 17.0. The van der Waals surface area contributed by atoms with Crippen LogP contribution in [0.2, 0.25) is 5.02 Å². The van der Waals surface area contributed by atoms with E-state index in [1.165, 1.54) is 6.20 Å². The third-order valence-corrected chi connectivity index (χ3v) is 4.75. The third kappa shape index (κ3) is 3.80. The maximum atomic E-state index is 12.6. The minimum Gasteiger partial charge on any atom is -0.352 e. The molecule has 4 rings (SSSR count). The van der Waals surface area contributed by atoms with Crippen molar-refractivity contribution in [1.82, 2.24) is 9.97 Å². The van der Waals surface area contributed by atoms with E-state index in [0.717, 1.165) is 22.2 Å². The number of hydrogen-bond donors (Lipinski definition) is 2. The summed E-state index contributed by atoms with van der Waals surface area (Å²) in [5.74, 6) is -0.257. The summed E-state index contributed by atoms with van der Waals surface area (Å²) in [7, 11) is 0. The number of anilines is 3. The highest BCUT2D eigenvalue weighted by atomic mass is 35.5. The molecule has 2 N–H and O–H groups in total. The van der Waals surface area contributed by atoms with Crippen molar-refractivity contribution in [2.45, 2.75) is 6.92 Å². The van der Waals surface area contributed by atoms with Gasteiger partial charge < -0.3 is 10.6 Å². The van der Waals surface area contributed by atoms with E-state index >= 15 is 0 Å². The second kappa shape index (κ2) is 7.66. The Morgan fingerprint density at radius 3 is 2.71 bits per heavy atom. The van der Waals surface area contributed by atoms with Gasteiger partial charge in [-0.05, 0) is 42.8 Å². The standard InChI is InChI=1S/C22H17ClN4O/c1-14-7-8-17(11-19(14)23)27-22(28)16-10-18(13-24-12-16)26-20-6-2-4-15-5-3-9-25-21(15)20/h2-13,26H,1H3,(H,27,28). The zero-order chi connectivity index (χ0) is 19.5. The molecule has 4 aromatic rings. The van der Waals surface area contributed by atoms with Gasteiger partial charge in [0.25, 0.3) is 5.91 Å². The van der Waals surface area contributed by atoms with Crippen molar-refractivity contribution >= 4 is 45.5 Å². The molecule has 6 heteroatoms. The predicted octanol–water partition coefficient (Wildman–Crippen LogP) is 5.59. The van der Waals surface area contributed by atoms with E-state index in [4.69, 9.17) is 11.6 Å². The smallest absolute Gasteiger partial charge is 0.257 e. The summed E-state index contributed by atoms with van der Waals surface area (Å²) in [6.07, 6.45) is 4.95. The molecule has 28 heavy (non-hydrogen) atoms. The van der Waals surface area contributed by atoms with Crippen molar-refractivity contribution in [3.05, 3.63) is 89.3 Å². The first-order valence-electron chi connectivity index (χ1n) is 8.73. The Morgan fingerprint density at radius 2 is 1.86 bits per heavy atom. The van der Waals surface area contributed by atoms with Crippen LogP contribution in [0, 0.1) is 6.92 Å². The van der Waals surface area contributed by atoms with Crippen molar-refractivity contribution in [3.8, 4) is 0 Å². The maximum absolute atomic E-state index is 12.6. The Labute approximate surface area is 167 Å². The average Bonchev–Trinajstić information content (AvgIpc) is 2.71. The van der Waals surface area contributed by atoms with Crippen molar-refractivity contribution in [2.24, 2.45) is 0 Å². The van der Waals surface area contributed by atoms with Gasteiger partial charge in [0.2, 0.25) is 0 Å². The highest BCUT2D eigenvalue weighted by molar-refractivity contribution is 6.31. The summed E-state index contributed by atoms with van der Waals surface area (Å²) < 4.78 is 0. The Bertz CT molecular complexity index is 1170. The number of benzene rings is 2. The average molecular weight is 389 g/mol. The van der Waals surface area contributed by atoms with Crippen molar-refractivity contribution in [1.29, 1.82) is 0 Å². The Hall–Kier alpha value is -3.44. The van der Waals surface area contributed by atoms with Crippen LogP contribution < -0.4 is 10.6 Å². The highest BCUT2D eigenvalue weighted by Gasteiger charge is 2.10. The van der Waals surface area contributed by atoms with E-state index in [1.807, 2.05) is 49.4 Å². The van der Waals surface area contributed by atoms with E-state index in [9.17, 15) is 4.79 Å². The number of nitrogens with one attached hydrogen (secondary N) is 2. The van der Waals surface area contributed by atoms with E-state index < -0.39 is 0 Å². The SMILES string of the molecule is Cc1ccc(NC(=O)c2cncc(Nc3cccc4cccnc34)c2)cc1Cl. The molecule has 0 aliphatic carbocycles. The molecule has 0 saturated heterocycles. The molecule has 0 fully saturated rings. The topological polar surface area (TPSA) is 66.9 Å². The van der Waals surface area contributed by atoms with Crippen molar-refractivity contribution in [2.75, 3.05) is 10.6 Å². The molecule has 2 aromatic carbocycles. The summed E-state index contributed by atoms with van der Waals surface area (Å²) in [4.78, 5) is 21.2. The largest absolute Gasteiger partial charge is 0.352 e. The second-order valence-corrected chi connectivity index (χ2v) is 6.79. The van der Waals surface area contributed by atoms with Crippen LogP contribution in [0.4, 0.5) is 17.1 Å². The number of fused-ring (bicyclic) bond motifs is 1. The van der Waals surface area contributed by atoms with E-state index in [2.05, 4.69) is 20.6 Å². The number of nitrogens with zero attached hydrogens (tertiary/aromatic N) is 2. The van der Waals surface area contributed by atoms with Gasteiger partial charge in [0.15, 0.2) is 0 Å². The number of rotatable bonds is 4. The normalized spacial score (nSPS) is 10.6. The molecular formula is C22H17ClN4O. The van der Waals surface area contributed by atoms with Crippen LogP contribution in [0.15, 0.2) is 73.2 Å². The van der Waals surface area contributed by atoms with Crippen molar-refractivity contribution < 1.29 is 4.79 Å². The fourth-order valence-corrected chi connectivity index (χ4v) is 3.05. The first-order valence-corrected chi connectivity index (χ1v) is 9.11. The van der Waals surface area contributed by atoms with Crippen LogP contribution in [-0.4, -0.2) is 15.9 Å². The summed E-state index contributed by atoms with van der Waals surface area (Å²) >= 11 is 6.13. The molecule has 0 atom stereocenters. The lowest BCUT2D eigenvalue weighted by molar-refractivity contribution is 0.102. The van der Waals surface area contributed by atoms with Crippen LogP contribution in [0.5, 0.6) is 0 Å². The lowest BCUT2D eigenvalue weighted by Gasteiger charge is -2.11. The van der Waals surface area contributed by atoms with Gasteiger partial charge in [-0.25, -0.2) is 0 Å². The molecule has 0 saturated carbocycles. The number of carbonyl (C=O) groups is 1. The number of aryl methyl sites for hydroxylation is 1. The number of amides is 1. The van der Waals surface area contributed by atoms with Gasteiger partial charge in [0.05, 0.1) is 28.7 Å². The molecule has 0 unspecified atom stereocenters. The molecule has 5 nitrogen and oxygen atoms in total. The van der Waals surface area contributed by atoms with Gasteiger partial charge in [-0.3, -0.25) is 14.8 Å². The van der Waals surface area contributed by atoms with E-state index in [-0.39, 0.29) is 5.91 Å². The quantitative estimate of drug-likeness (QED) is 0.478. The molecule has 0 bridgehead atoms. The van der Waals surface area contributed by atoms with Crippen LogP contribution in [0.25, 0.3) is 10.9 Å². The zero-order valence-electron chi connectivity index (χ0n) is 15.1. The minimum absolute atomic E-state index is 0.257. The summed E-state index contributed by atoms with van der Waals surface area (Å²) in [5.41, 5.74) is 4.44. The number of halogens is 1. The molecule has 1 amide bonds. The predicted molar refractivity (Wildman–Crippen MR) is 113 cm³/mol. The minimum atomic E-state index is -0.257. The van der Waals surface area contributed by atoms with Gasteiger partial charge in [-0.2, -0.15) is 0 Å². The third-order valence-electron chi connectivity index (χ3n) is 4.34.